The molecule has 1 aliphatic heterocycles. The fourth-order valence-corrected chi connectivity index (χ4v) is 2.80. The van der Waals surface area contributed by atoms with Crippen molar-refractivity contribution in [2.24, 2.45) is 0 Å². The van der Waals surface area contributed by atoms with E-state index in [0.29, 0.717) is 0 Å². The van der Waals surface area contributed by atoms with Gasteiger partial charge in [0.15, 0.2) is 6.29 Å². The molecule has 0 saturated carbocycles. The minimum absolute atomic E-state index is 0.314. The highest BCUT2D eigenvalue weighted by atomic mass is 127. The van der Waals surface area contributed by atoms with E-state index in [4.69, 9.17) is 4.74 Å². The van der Waals surface area contributed by atoms with E-state index < -0.39 is 11.9 Å². The van der Waals surface area contributed by atoms with Gasteiger partial charge in [-0.2, -0.15) is 0 Å². The number of nitrogens with one attached hydrogen (secondary N) is 1. The molecule has 0 spiro atoms. The summed E-state index contributed by atoms with van der Waals surface area (Å²) >= 11 is 5.70. The third kappa shape index (κ3) is 3.94. The number of alkyl halides is 1. The van der Waals surface area contributed by atoms with Crippen LogP contribution in [0.2, 0.25) is 0 Å². The molecule has 112 valence electrons. The van der Waals surface area contributed by atoms with Crippen LogP contribution in [0.4, 0.5) is 0 Å². The molecule has 1 heterocycles. The van der Waals surface area contributed by atoms with Crippen molar-refractivity contribution in [3.8, 4) is 0 Å². The SMILES string of the molecule is CC(C)(I)C(O)OC1(c2ccc(Br)cc2)CCNCC1. The third-order valence-corrected chi connectivity index (χ3v) is 4.77. The first-order valence-corrected chi connectivity index (χ1v) is 8.72. The van der Waals surface area contributed by atoms with Gasteiger partial charge in [-0.25, -0.2) is 0 Å². The van der Waals surface area contributed by atoms with Crippen molar-refractivity contribution in [3.63, 3.8) is 0 Å². The Morgan fingerprint density at radius 3 is 2.35 bits per heavy atom. The molecule has 20 heavy (non-hydrogen) atoms. The smallest absolute Gasteiger partial charge is 0.169 e. The number of piperidine rings is 1. The first-order valence-electron chi connectivity index (χ1n) is 6.85. The lowest BCUT2D eigenvalue weighted by Crippen LogP contribution is -2.47. The number of halogens is 2. The Balaban J connectivity index is 2.28. The maximum absolute atomic E-state index is 10.4. The van der Waals surface area contributed by atoms with Crippen LogP contribution in [0, 0.1) is 0 Å². The minimum atomic E-state index is -0.787. The standard InChI is InChI=1S/C15H21BrINO2/c1-14(2,17)13(19)20-15(7-9-18-10-8-15)11-3-5-12(16)6-4-11/h3-6,13,18-19H,7-10H2,1-2H3. The van der Waals surface area contributed by atoms with Crippen molar-refractivity contribution in [3.05, 3.63) is 34.3 Å². The zero-order valence-corrected chi connectivity index (χ0v) is 15.6. The summed E-state index contributed by atoms with van der Waals surface area (Å²) in [4.78, 5) is 0. The number of aliphatic hydroxyl groups is 1. The monoisotopic (exact) mass is 453 g/mol. The normalized spacial score (nSPS) is 20.6. The number of ether oxygens (including phenoxy) is 1. The van der Waals surface area contributed by atoms with Gasteiger partial charge in [-0.1, -0.05) is 50.7 Å². The van der Waals surface area contributed by atoms with E-state index in [9.17, 15) is 5.11 Å². The lowest BCUT2D eigenvalue weighted by atomic mass is 9.84. The summed E-state index contributed by atoms with van der Waals surface area (Å²) in [5, 5.41) is 13.7. The second-order valence-electron chi connectivity index (χ2n) is 5.79. The van der Waals surface area contributed by atoms with Crippen LogP contribution in [0.15, 0.2) is 28.7 Å². The van der Waals surface area contributed by atoms with Crippen molar-refractivity contribution in [1.82, 2.24) is 5.32 Å². The van der Waals surface area contributed by atoms with E-state index in [1.807, 2.05) is 26.0 Å². The van der Waals surface area contributed by atoms with Gasteiger partial charge in [-0.05, 0) is 57.5 Å². The second-order valence-corrected chi connectivity index (χ2v) is 9.48. The molecule has 1 aromatic carbocycles. The lowest BCUT2D eigenvalue weighted by molar-refractivity contribution is -0.208. The van der Waals surface area contributed by atoms with Crippen LogP contribution in [0.5, 0.6) is 0 Å². The first-order chi connectivity index (χ1) is 9.33. The van der Waals surface area contributed by atoms with Crippen LogP contribution < -0.4 is 5.32 Å². The predicted octanol–water partition coefficient (Wildman–Crippen LogP) is 3.58. The maximum Gasteiger partial charge on any atom is 0.169 e. The number of hydrogen-bond donors (Lipinski definition) is 2. The van der Waals surface area contributed by atoms with E-state index in [1.54, 1.807) is 0 Å². The molecular formula is C15H21BrINO2. The Morgan fingerprint density at radius 1 is 1.30 bits per heavy atom. The van der Waals surface area contributed by atoms with Gasteiger partial charge in [-0.15, -0.1) is 0 Å². The number of hydrogen-bond acceptors (Lipinski definition) is 3. The highest BCUT2D eigenvalue weighted by molar-refractivity contribution is 14.1. The molecule has 1 aliphatic rings. The molecular weight excluding hydrogens is 433 g/mol. The molecule has 1 saturated heterocycles. The third-order valence-electron chi connectivity index (χ3n) is 3.71. The Labute approximate surface area is 142 Å². The molecule has 5 heteroatoms. The van der Waals surface area contributed by atoms with E-state index in [1.165, 1.54) is 0 Å². The molecule has 0 aliphatic carbocycles. The highest BCUT2D eigenvalue weighted by Gasteiger charge is 2.40. The van der Waals surface area contributed by atoms with E-state index in [0.717, 1.165) is 36.0 Å². The molecule has 2 N–H and O–H groups in total. The highest BCUT2D eigenvalue weighted by Crippen LogP contribution is 2.39. The van der Waals surface area contributed by atoms with Gasteiger partial charge >= 0.3 is 0 Å². The Bertz CT molecular complexity index is 438. The summed E-state index contributed by atoms with van der Waals surface area (Å²) in [5.41, 5.74) is 0.746. The summed E-state index contributed by atoms with van der Waals surface area (Å²) in [7, 11) is 0. The van der Waals surface area contributed by atoms with Gasteiger partial charge in [0.25, 0.3) is 0 Å². The fraction of sp³-hybridized carbons (Fsp3) is 0.600. The summed E-state index contributed by atoms with van der Waals surface area (Å²) in [5.74, 6) is 0. The van der Waals surface area contributed by atoms with E-state index in [-0.39, 0.29) is 3.42 Å². The quantitative estimate of drug-likeness (QED) is 0.416. The second kappa shape index (κ2) is 6.60. The fourth-order valence-electron chi connectivity index (χ4n) is 2.41. The van der Waals surface area contributed by atoms with Crippen molar-refractivity contribution < 1.29 is 9.84 Å². The largest absolute Gasteiger partial charge is 0.367 e. The number of benzene rings is 1. The molecule has 0 aromatic heterocycles. The van der Waals surface area contributed by atoms with Crippen molar-refractivity contribution >= 4 is 38.5 Å². The van der Waals surface area contributed by atoms with Crippen molar-refractivity contribution in [1.29, 1.82) is 0 Å². The van der Waals surface area contributed by atoms with Crippen molar-refractivity contribution in [2.75, 3.05) is 13.1 Å². The maximum atomic E-state index is 10.4. The Kier molecular flexibility index (Phi) is 5.51. The zero-order valence-electron chi connectivity index (χ0n) is 11.8. The van der Waals surface area contributed by atoms with Crippen LogP contribution in [-0.2, 0) is 10.3 Å². The number of aliphatic hydroxyl groups excluding tert-OH is 1. The van der Waals surface area contributed by atoms with Crippen LogP contribution in [0.3, 0.4) is 0 Å². The van der Waals surface area contributed by atoms with Crippen LogP contribution in [0.1, 0.15) is 32.3 Å². The van der Waals surface area contributed by atoms with Gasteiger partial charge in [-0.3, -0.25) is 0 Å². The van der Waals surface area contributed by atoms with Crippen LogP contribution in [-0.4, -0.2) is 27.9 Å². The molecule has 1 unspecified atom stereocenters. The zero-order chi connectivity index (χ0) is 14.8. The van der Waals surface area contributed by atoms with Gasteiger partial charge in [0.2, 0.25) is 0 Å². The van der Waals surface area contributed by atoms with Crippen molar-refractivity contribution in [2.45, 2.75) is 42.0 Å². The average molecular weight is 454 g/mol. The predicted molar refractivity (Wildman–Crippen MR) is 93.1 cm³/mol. The molecule has 0 radical (unpaired) electrons. The van der Waals surface area contributed by atoms with E-state index >= 15 is 0 Å². The first kappa shape index (κ1) is 16.7. The minimum Gasteiger partial charge on any atom is -0.367 e. The number of rotatable bonds is 4. The molecule has 1 fully saturated rings. The summed E-state index contributed by atoms with van der Waals surface area (Å²) in [6, 6.07) is 8.23. The van der Waals surface area contributed by atoms with Gasteiger partial charge < -0.3 is 15.2 Å². The molecule has 1 aromatic rings. The van der Waals surface area contributed by atoms with Crippen LogP contribution in [0.25, 0.3) is 0 Å². The van der Waals surface area contributed by atoms with E-state index in [2.05, 4.69) is 56.0 Å². The molecule has 2 rings (SSSR count). The Morgan fingerprint density at radius 2 is 1.85 bits per heavy atom. The molecule has 3 nitrogen and oxygen atoms in total. The van der Waals surface area contributed by atoms with Gasteiger partial charge in [0, 0.05) is 4.47 Å². The molecule has 0 amide bonds. The van der Waals surface area contributed by atoms with Gasteiger partial charge in [0.05, 0.1) is 9.02 Å². The summed E-state index contributed by atoms with van der Waals surface area (Å²) in [6.45, 7) is 5.78. The van der Waals surface area contributed by atoms with Gasteiger partial charge in [0.1, 0.15) is 0 Å². The van der Waals surface area contributed by atoms with Crippen LogP contribution >= 0.6 is 38.5 Å². The topological polar surface area (TPSA) is 41.5 Å². The average Bonchev–Trinajstić information content (AvgIpc) is 2.39. The summed E-state index contributed by atoms with van der Waals surface area (Å²) in [6.07, 6.45) is 0.960. The molecule has 1 atom stereocenters. The Hall–Kier alpha value is 0.310. The lowest BCUT2D eigenvalue weighted by Gasteiger charge is -2.41. The summed E-state index contributed by atoms with van der Waals surface area (Å²) < 4.78 is 6.90. The molecule has 0 bridgehead atoms.